The Bertz CT molecular complexity index is 509. The first-order valence-electron chi connectivity index (χ1n) is 8.20. The zero-order valence-electron chi connectivity index (χ0n) is 13.8. The van der Waals surface area contributed by atoms with Crippen LogP contribution in [-0.2, 0) is 20.0 Å². The van der Waals surface area contributed by atoms with Crippen LogP contribution in [0.1, 0.15) is 58.3 Å². The van der Waals surface area contributed by atoms with Crippen LogP contribution >= 0.6 is 0 Å². The predicted octanol–water partition coefficient (Wildman–Crippen LogP) is 1.69. The van der Waals surface area contributed by atoms with E-state index in [1.54, 1.807) is 0 Å². The lowest BCUT2D eigenvalue weighted by Crippen LogP contribution is -2.44. The monoisotopic (exact) mass is 354 g/mol. The molecule has 8 heteroatoms. The zero-order chi connectivity index (χ0) is 16.6. The topological polar surface area (TPSA) is 83.6 Å². The number of rotatable bonds is 9. The Balaban J connectivity index is 2.59. The van der Waals surface area contributed by atoms with Crippen molar-refractivity contribution in [2.24, 2.45) is 0 Å². The largest absolute Gasteiger partial charge is 0.214 e. The Kier molecular flexibility index (Phi) is 8.31. The maximum absolute atomic E-state index is 12.0. The minimum Gasteiger partial charge on any atom is -0.214 e. The van der Waals surface area contributed by atoms with Gasteiger partial charge in [-0.3, -0.25) is 0 Å². The van der Waals surface area contributed by atoms with Gasteiger partial charge in [0.1, 0.15) is 0 Å². The number of sulfonamides is 2. The number of nitrogens with zero attached hydrogens (tertiary/aromatic N) is 1. The van der Waals surface area contributed by atoms with Gasteiger partial charge in [0.05, 0.1) is 12.0 Å². The van der Waals surface area contributed by atoms with Gasteiger partial charge in [0.25, 0.3) is 0 Å². The van der Waals surface area contributed by atoms with E-state index in [4.69, 9.17) is 0 Å². The first-order chi connectivity index (χ1) is 10.3. The lowest BCUT2D eigenvalue weighted by Gasteiger charge is -2.29. The molecule has 1 N–H and O–H groups in total. The van der Waals surface area contributed by atoms with Crippen LogP contribution in [0.25, 0.3) is 0 Å². The molecule has 0 unspecified atom stereocenters. The van der Waals surface area contributed by atoms with Crippen LogP contribution in [0.2, 0.25) is 0 Å². The first kappa shape index (κ1) is 19.9. The third kappa shape index (κ3) is 7.39. The zero-order valence-corrected chi connectivity index (χ0v) is 15.4. The molecular weight excluding hydrogens is 324 g/mol. The van der Waals surface area contributed by atoms with Gasteiger partial charge in [-0.1, -0.05) is 39.0 Å². The average Bonchev–Trinajstić information content (AvgIpc) is 2.69. The summed E-state index contributed by atoms with van der Waals surface area (Å²) in [6.45, 7) is 2.30. The third-order valence-electron chi connectivity index (χ3n) is 4.08. The lowest BCUT2D eigenvalue weighted by atomic mass is 10.1. The van der Waals surface area contributed by atoms with Crippen molar-refractivity contribution >= 4 is 20.0 Å². The normalized spacial score (nSPS) is 18.5. The number of hydrogen-bond donors (Lipinski definition) is 1. The molecule has 0 bridgehead atoms. The molecule has 0 atom stereocenters. The molecule has 132 valence electrons. The van der Waals surface area contributed by atoms with Gasteiger partial charge in [0.2, 0.25) is 20.0 Å². The Morgan fingerprint density at radius 3 is 2.14 bits per heavy atom. The smallest absolute Gasteiger partial charge is 0.211 e. The van der Waals surface area contributed by atoms with Gasteiger partial charge in [-0.2, -0.15) is 4.31 Å². The van der Waals surface area contributed by atoms with E-state index in [0.29, 0.717) is 6.42 Å². The van der Waals surface area contributed by atoms with Crippen LogP contribution in [0.15, 0.2) is 0 Å². The van der Waals surface area contributed by atoms with E-state index in [0.717, 1.165) is 44.9 Å². The minimum atomic E-state index is -3.32. The second kappa shape index (κ2) is 9.20. The van der Waals surface area contributed by atoms with Crippen molar-refractivity contribution in [1.29, 1.82) is 0 Å². The molecule has 1 saturated carbocycles. The number of nitrogens with one attached hydrogen (secondary N) is 1. The van der Waals surface area contributed by atoms with E-state index in [2.05, 4.69) is 4.72 Å². The van der Waals surface area contributed by atoms with Gasteiger partial charge in [0.15, 0.2) is 0 Å². The van der Waals surface area contributed by atoms with Crippen molar-refractivity contribution < 1.29 is 16.8 Å². The van der Waals surface area contributed by atoms with Gasteiger partial charge < -0.3 is 0 Å². The number of hydrogen-bond acceptors (Lipinski definition) is 4. The van der Waals surface area contributed by atoms with Gasteiger partial charge in [-0.05, 0) is 19.3 Å². The number of unbranched alkanes of at least 4 members (excludes halogenated alkanes) is 1. The van der Waals surface area contributed by atoms with Gasteiger partial charge in [-0.25, -0.2) is 21.6 Å². The fourth-order valence-electron chi connectivity index (χ4n) is 2.88. The predicted molar refractivity (Wildman–Crippen MR) is 89.7 cm³/mol. The van der Waals surface area contributed by atoms with Crippen molar-refractivity contribution in [3.63, 3.8) is 0 Å². The summed E-state index contributed by atoms with van der Waals surface area (Å²) >= 11 is 0. The summed E-state index contributed by atoms with van der Waals surface area (Å²) in [6, 6.07) is 0.0117. The molecule has 0 aromatic rings. The second-order valence-corrected chi connectivity index (χ2v) is 9.95. The average molecular weight is 355 g/mol. The lowest BCUT2D eigenvalue weighted by molar-refractivity contribution is 0.297. The summed E-state index contributed by atoms with van der Waals surface area (Å²) in [5.41, 5.74) is 0. The maximum Gasteiger partial charge on any atom is 0.211 e. The van der Waals surface area contributed by atoms with Crippen molar-refractivity contribution in [3.05, 3.63) is 0 Å². The molecule has 1 aliphatic rings. The molecule has 0 radical (unpaired) electrons. The molecule has 1 fully saturated rings. The van der Waals surface area contributed by atoms with E-state index >= 15 is 0 Å². The van der Waals surface area contributed by atoms with E-state index < -0.39 is 20.0 Å². The van der Waals surface area contributed by atoms with Gasteiger partial charge >= 0.3 is 0 Å². The van der Waals surface area contributed by atoms with E-state index in [1.807, 2.05) is 6.92 Å². The highest BCUT2D eigenvalue weighted by Crippen LogP contribution is 2.23. The molecule has 0 aromatic carbocycles. The molecule has 0 heterocycles. The van der Waals surface area contributed by atoms with Crippen LogP contribution in [0.5, 0.6) is 0 Å². The second-order valence-electron chi connectivity index (χ2n) is 6.09. The third-order valence-corrected chi connectivity index (χ3v) is 6.88. The summed E-state index contributed by atoms with van der Waals surface area (Å²) in [4.78, 5) is 0. The Morgan fingerprint density at radius 2 is 1.64 bits per heavy atom. The molecular formula is C14H30N2O4S2. The van der Waals surface area contributed by atoms with Gasteiger partial charge in [-0.15, -0.1) is 0 Å². The Labute approximate surface area is 135 Å². The molecule has 0 amide bonds. The summed E-state index contributed by atoms with van der Waals surface area (Å²) in [5, 5.41) is 0. The highest BCUT2D eigenvalue weighted by atomic mass is 32.2. The molecule has 0 saturated heterocycles. The fourth-order valence-corrected chi connectivity index (χ4v) is 5.27. The molecule has 0 spiro atoms. The van der Waals surface area contributed by atoms with E-state index in [-0.39, 0.29) is 24.9 Å². The quantitative estimate of drug-likeness (QED) is 0.639. The summed E-state index contributed by atoms with van der Waals surface area (Å²) in [7, 11) is -6.61. The van der Waals surface area contributed by atoms with Crippen LogP contribution in [0.4, 0.5) is 0 Å². The molecule has 0 aromatic heterocycles. The highest BCUT2D eigenvalue weighted by Gasteiger charge is 2.27. The summed E-state index contributed by atoms with van der Waals surface area (Å²) in [5.74, 6) is 0.103. The maximum atomic E-state index is 12.0. The summed E-state index contributed by atoms with van der Waals surface area (Å²) < 4.78 is 51.6. The first-order valence-corrected chi connectivity index (χ1v) is 11.7. The SMILES string of the molecule is CCCCS(=O)(=O)NCCN(C1CCCCCC1)S(C)(=O)=O. The Morgan fingerprint density at radius 1 is 1.05 bits per heavy atom. The van der Waals surface area contributed by atoms with E-state index in [9.17, 15) is 16.8 Å². The van der Waals surface area contributed by atoms with Crippen molar-refractivity contribution in [2.45, 2.75) is 64.3 Å². The molecule has 1 rings (SSSR count). The molecule has 6 nitrogen and oxygen atoms in total. The molecule has 1 aliphatic carbocycles. The fraction of sp³-hybridized carbons (Fsp3) is 1.00. The van der Waals surface area contributed by atoms with Crippen molar-refractivity contribution in [1.82, 2.24) is 9.03 Å². The minimum absolute atomic E-state index is 0.0117. The van der Waals surface area contributed by atoms with Crippen LogP contribution in [0.3, 0.4) is 0 Å². The van der Waals surface area contributed by atoms with Crippen LogP contribution in [-0.4, -0.2) is 52.3 Å². The molecule has 22 heavy (non-hydrogen) atoms. The van der Waals surface area contributed by atoms with Gasteiger partial charge in [0, 0.05) is 19.1 Å². The standard InChI is InChI=1S/C14H30N2O4S2/c1-3-4-13-22(19,20)15-11-12-16(21(2,17)18)14-9-7-5-6-8-10-14/h14-15H,3-13H2,1-2H3. The van der Waals surface area contributed by atoms with Crippen molar-refractivity contribution in [2.75, 3.05) is 25.1 Å². The highest BCUT2D eigenvalue weighted by molar-refractivity contribution is 7.89. The summed E-state index contributed by atoms with van der Waals surface area (Å²) in [6.07, 6.45) is 8.77. The van der Waals surface area contributed by atoms with Crippen LogP contribution in [0, 0.1) is 0 Å². The van der Waals surface area contributed by atoms with Crippen molar-refractivity contribution in [3.8, 4) is 0 Å². The van der Waals surface area contributed by atoms with E-state index in [1.165, 1.54) is 10.6 Å². The Hall–Kier alpha value is -0.180. The molecule has 0 aliphatic heterocycles. The van der Waals surface area contributed by atoms with Crippen LogP contribution < -0.4 is 4.72 Å².